The molecule has 11 nitrogen and oxygen atoms in total. The summed E-state index contributed by atoms with van der Waals surface area (Å²) in [5.74, 6) is 2.79. The maximum absolute atomic E-state index is 15.2. The standard InChI is InChI=1S/C29H21F4N7O4/c30-29(31,32)44-19-4-1-3-18(14-19)40(33)28(43)23-13-17-12-22(17)39(23)25(41)15-38-21-7-5-16(6-8-24-35-9-2-10-36-24)11-20(21)26(37-38)27(34)42/h1-5,7,9-11,14,17,22-23H,12-13,15H2,(H2,34,42)/t17-,22-,23+/m1/s1. The van der Waals surface area contributed by atoms with Crippen molar-refractivity contribution in [2.45, 2.75) is 37.8 Å². The van der Waals surface area contributed by atoms with Gasteiger partial charge in [0, 0.05) is 35.5 Å². The minimum absolute atomic E-state index is 0.0218. The number of fused-ring (bicyclic) bond motifs is 2. The Balaban J connectivity index is 1.23. The number of amides is 3. The molecule has 0 unspecified atom stereocenters. The maximum Gasteiger partial charge on any atom is 0.573 e. The van der Waals surface area contributed by atoms with Gasteiger partial charge in [0.05, 0.1) is 11.2 Å². The lowest BCUT2D eigenvalue weighted by Crippen LogP contribution is -2.48. The van der Waals surface area contributed by atoms with Gasteiger partial charge in [-0.3, -0.25) is 19.1 Å². The molecule has 1 saturated heterocycles. The lowest BCUT2D eigenvalue weighted by atomic mass is 10.1. The van der Waals surface area contributed by atoms with E-state index in [1.807, 2.05) is 0 Å². The number of benzene rings is 2. The fraction of sp³-hybridized carbons (Fsp3) is 0.241. The second-order valence-corrected chi connectivity index (χ2v) is 10.2. The summed E-state index contributed by atoms with van der Waals surface area (Å²) in [5, 5.41) is 4.30. The molecule has 2 N–H and O–H groups in total. The lowest BCUT2D eigenvalue weighted by molar-refractivity contribution is -0.274. The summed E-state index contributed by atoms with van der Waals surface area (Å²) in [6.07, 6.45) is -1.10. The molecule has 0 spiro atoms. The summed E-state index contributed by atoms with van der Waals surface area (Å²) in [6, 6.07) is 8.94. The maximum atomic E-state index is 15.2. The first-order valence-electron chi connectivity index (χ1n) is 13.2. The molecule has 224 valence electrons. The van der Waals surface area contributed by atoms with Gasteiger partial charge in [0.15, 0.2) is 5.69 Å². The molecule has 1 saturated carbocycles. The quantitative estimate of drug-likeness (QED) is 0.202. The largest absolute Gasteiger partial charge is 0.573 e. The number of aromatic nitrogens is 4. The Morgan fingerprint density at radius 1 is 1.05 bits per heavy atom. The Labute approximate surface area is 246 Å². The number of primary amides is 1. The number of likely N-dealkylation sites (tertiary alicyclic amines) is 1. The molecule has 4 aromatic rings. The number of hydrogen-bond acceptors (Lipinski definition) is 7. The number of anilines is 1. The van der Waals surface area contributed by atoms with E-state index in [2.05, 4.69) is 31.6 Å². The summed E-state index contributed by atoms with van der Waals surface area (Å²) >= 11 is 0. The highest BCUT2D eigenvalue weighted by molar-refractivity contribution is 6.05. The molecule has 1 aliphatic heterocycles. The van der Waals surface area contributed by atoms with Gasteiger partial charge in [0.2, 0.25) is 11.7 Å². The van der Waals surface area contributed by atoms with Crippen molar-refractivity contribution in [2.75, 3.05) is 5.12 Å². The molecule has 2 aromatic carbocycles. The van der Waals surface area contributed by atoms with Crippen LogP contribution in [0.25, 0.3) is 10.9 Å². The fourth-order valence-corrected chi connectivity index (χ4v) is 5.36. The van der Waals surface area contributed by atoms with Crippen molar-refractivity contribution in [1.82, 2.24) is 24.6 Å². The van der Waals surface area contributed by atoms with Crippen LogP contribution < -0.4 is 15.6 Å². The molecule has 3 amide bonds. The Bertz CT molecular complexity index is 1850. The number of nitrogens with zero attached hydrogens (tertiary/aromatic N) is 6. The number of nitrogens with two attached hydrogens (primary N) is 1. The average Bonchev–Trinajstić information content (AvgIpc) is 3.50. The number of rotatable bonds is 6. The van der Waals surface area contributed by atoms with Crippen molar-refractivity contribution in [2.24, 2.45) is 11.7 Å². The molecular formula is C29H21F4N7O4. The van der Waals surface area contributed by atoms with Crippen molar-refractivity contribution in [3.8, 4) is 17.6 Å². The van der Waals surface area contributed by atoms with Crippen LogP contribution in [-0.4, -0.2) is 60.8 Å². The van der Waals surface area contributed by atoms with Gasteiger partial charge in [0.25, 0.3) is 11.8 Å². The first-order valence-corrected chi connectivity index (χ1v) is 13.2. The van der Waals surface area contributed by atoms with Crippen LogP contribution in [0.2, 0.25) is 0 Å². The van der Waals surface area contributed by atoms with Gasteiger partial charge in [0.1, 0.15) is 18.3 Å². The van der Waals surface area contributed by atoms with E-state index in [0.29, 0.717) is 28.7 Å². The topological polar surface area (TPSA) is 137 Å². The molecule has 3 heterocycles. The van der Waals surface area contributed by atoms with Crippen LogP contribution in [-0.2, 0) is 16.1 Å². The smallest absolute Gasteiger partial charge is 0.406 e. The molecule has 44 heavy (non-hydrogen) atoms. The first kappa shape index (κ1) is 28.6. The summed E-state index contributed by atoms with van der Waals surface area (Å²) < 4.78 is 58.2. The number of ether oxygens (including phenoxy) is 1. The van der Waals surface area contributed by atoms with E-state index in [1.54, 1.807) is 36.7 Å². The van der Waals surface area contributed by atoms with Crippen LogP contribution in [0.15, 0.2) is 60.9 Å². The number of hydrogen-bond donors (Lipinski definition) is 1. The van der Waals surface area contributed by atoms with Crippen molar-refractivity contribution >= 4 is 34.3 Å². The predicted octanol–water partition coefficient (Wildman–Crippen LogP) is 3.13. The molecule has 3 atom stereocenters. The van der Waals surface area contributed by atoms with Gasteiger partial charge >= 0.3 is 6.36 Å². The van der Waals surface area contributed by atoms with E-state index in [0.717, 1.165) is 24.3 Å². The Hall–Kier alpha value is -5.52. The van der Waals surface area contributed by atoms with Crippen molar-refractivity contribution in [1.29, 1.82) is 0 Å². The van der Waals surface area contributed by atoms with Crippen LogP contribution in [0.4, 0.5) is 23.3 Å². The second-order valence-electron chi connectivity index (χ2n) is 10.2. The lowest BCUT2D eigenvalue weighted by Gasteiger charge is -2.28. The van der Waals surface area contributed by atoms with Gasteiger partial charge in [-0.05, 0) is 61.1 Å². The highest BCUT2D eigenvalue weighted by Crippen LogP contribution is 2.48. The third-order valence-corrected chi connectivity index (χ3v) is 7.30. The zero-order chi connectivity index (χ0) is 31.2. The molecular weight excluding hydrogens is 586 g/mol. The van der Waals surface area contributed by atoms with Gasteiger partial charge in [-0.25, -0.2) is 9.97 Å². The predicted molar refractivity (Wildman–Crippen MR) is 145 cm³/mol. The summed E-state index contributed by atoms with van der Waals surface area (Å²) in [7, 11) is 0. The number of alkyl halides is 3. The van der Waals surface area contributed by atoms with Crippen molar-refractivity contribution < 1.29 is 36.8 Å². The fourth-order valence-electron chi connectivity index (χ4n) is 5.36. The zero-order valence-electron chi connectivity index (χ0n) is 22.5. The molecule has 15 heteroatoms. The van der Waals surface area contributed by atoms with E-state index in [-0.39, 0.29) is 35.7 Å². The molecule has 2 fully saturated rings. The molecule has 2 aromatic heterocycles. The van der Waals surface area contributed by atoms with Crippen LogP contribution >= 0.6 is 0 Å². The Morgan fingerprint density at radius 3 is 2.55 bits per heavy atom. The van der Waals surface area contributed by atoms with Gasteiger partial charge < -0.3 is 15.4 Å². The van der Waals surface area contributed by atoms with Crippen LogP contribution in [0.1, 0.15) is 34.7 Å². The number of halogens is 4. The second kappa shape index (κ2) is 11.0. The molecule has 2 aliphatic rings. The first-order chi connectivity index (χ1) is 21.0. The molecule has 6 rings (SSSR count). The van der Waals surface area contributed by atoms with Gasteiger partial charge in [-0.1, -0.05) is 16.5 Å². The van der Waals surface area contributed by atoms with E-state index in [9.17, 15) is 27.6 Å². The third-order valence-electron chi connectivity index (χ3n) is 7.30. The Morgan fingerprint density at radius 2 is 1.82 bits per heavy atom. The molecule has 1 aliphatic carbocycles. The third kappa shape index (κ3) is 5.74. The molecule has 0 bridgehead atoms. The van der Waals surface area contributed by atoms with E-state index < -0.39 is 41.6 Å². The molecule has 0 radical (unpaired) electrons. The average molecular weight is 608 g/mol. The minimum atomic E-state index is -5.00. The van der Waals surface area contributed by atoms with Crippen LogP contribution in [0, 0.1) is 17.8 Å². The SMILES string of the molecule is NC(=O)c1nn(CC(=O)N2[C@@H]3C[C@@H]3C[C@H]2C(=O)N(F)c2cccc(OC(F)(F)F)c2)c2ccc(C#Cc3ncccn3)cc12. The normalized spacial score (nSPS) is 18.7. The summed E-state index contributed by atoms with van der Waals surface area (Å²) in [6.45, 7) is -0.388. The highest BCUT2D eigenvalue weighted by Gasteiger charge is 2.57. The van der Waals surface area contributed by atoms with E-state index in [1.165, 1.54) is 9.58 Å². The van der Waals surface area contributed by atoms with E-state index in [4.69, 9.17) is 5.73 Å². The zero-order valence-corrected chi connectivity index (χ0v) is 22.5. The van der Waals surface area contributed by atoms with Gasteiger partial charge in [-0.15, -0.1) is 18.3 Å². The Kier molecular flexibility index (Phi) is 7.12. The van der Waals surface area contributed by atoms with E-state index >= 15 is 4.48 Å². The van der Waals surface area contributed by atoms with Crippen molar-refractivity contribution in [3.63, 3.8) is 0 Å². The number of carbonyl (C=O) groups excluding carboxylic acids is 3. The van der Waals surface area contributed by atoms with Gasteiger partial charge in [-0.2, -0.15) is 5.10 Å². The van der Waals surface area contributed by atoms with Crippen LogP contribution in [0.3, 0.4) is 0 Å². The van der Waals surface area contributed by atoms with Crippen molar-refractivity contribution in [3.05, 3.63) is 78.0 Å². The monoisotopic (exact) mass is 607 g/mol. The summed E-state index contributed by atoms with van der Waals surface area (Å²) in [4.78, 5) is 48.3. The summed E-state index contributed by atoms with van der Waals surface area (Å²) in [5.41, 5.74) is 5.89. The minimum Gasteiger partial charge on any atom is -0.406 e. The number of piperidine rings is 1. The number of carbonyl (C=O) groups is 3. The highest BCUT2D eigenvalue weighted by atomic mass is 19.4. The van der Waals surface area contributed by atoms with Crippen LogP contribution in [0.5, 0.6) is 5.75 Å².